The highest BCUT2D eigenvalue weighted by atomic mass is 16.4. The monoisotopic (exact) mass is 259 g/mol. The smallest absolute Gasteiger partial charge is 0.326 e. The van der Waals surface area contributed by atoms with Gasteiger partial charge in [-0.2, -0.15) is 0 Å². The van der Waals surface area contributed by atoms with Crippen molar-refractivity contribution in [2.24, 2.45) is 0 Å². The molecule has 0 aromatic rings. The van der Waals surface area contributed by atoms with Crippen LogP contribution in [-0.2, 0) is 9.59 Å². The minimum absolute atomic E-state index is 0.137. The van der Waals surface area contributed by atoms with E-state index in [0.717, 1.165) is 6.42 Å². The summed E-state index contributed by atoms with van der Waals surface area (Å²) in [6, 6.07) is -1.48. The van der Waals surface area contributed by atoms with Gasteiger partial charge in [0.1, 0.15) is 6.04 Å². The van der Waals surface area contributed by atoms with E-state index in [9.17, 15) is 14.4 Å². The Balaban J connectivity index is 3.76. The molecule has 0 aliphatic heterocycles. The molecule has 0 aromatic carbocycles. The van der Waals surface area contributed by atoms with E-state index < -0.39 is 18.0 Å². The molecule has 0 radical (unpaired) electrons. The van der Waals surface area contributed by atoms with Gasteiger partial charge >= 0.3 is 12.0 Å². The minimum Gasteiger partial charge on any atom is -0.480 e. The third-order valence-electron chi connectivity index (χ3n) is 2.22. The molecule has 0 saturated heterocycles. The van der Waals surface area contributed by atoms with E-state index in [2.05, 4.69) is 16.0 Å². The summed E-state index contributed by atoms with van der Waals surface area (Å²) in [5.74, 6) is -1.21. The lowest BCUT2D eigenvalue weighted by Crippen LogP contribution is -2.46. The van der Waals surface area contributed by atoms with Crippen LogP contribution in [0.4, 0.5) is 4.79 Å². The van der Waals surface area contributed by atoms with Crippen molar-refractivity contribution >= 4 is 17.9 Å². The standard InChI is InChI=1S/C11H21N3O4/c1-3-6-12-9(15)5-7-13-11(18)14-8(4-2)10(16)17/h8H,3-7H2,1-2H3,(H,12,15)(H,16,17)(H2,13,14,18)/t8-/m0/s1. The summed E-state index contributed by atoms with van der Waals surface area (Å²) in [4.78, 5) is 33.1. The lowest BCUT2D eigenvalue weighted by Gasteiger charge is -2.13. The molecule has 0 unspecified atom stereocenters. The highest BCUT2D eigenvalue weighted by Gasteiger charge is 2.16. The summed E-state index contributed by atoms with van der Waals surface area (Å²) in [6.45, 7) is 4.40. The van der Waals surface area contributed by atoms with Gasteiger partial charge < -0.3 is 21.1 Å². The zero-order valence-electron chi connectivity index (χ0n) is 10.8. The van der Waals surface area contributed by atoms with Crippen molar-refractivity contribution in [3.63, 3.8) is 0 Å². The summed E-state index contributed by atoms with van der Waals surface area (Å²) in [5.41, 5.74) is 0. The summed E-state index contributed by atoms with van der Waals surface area (Å²) >= 11 is 0. The summed E-state index contributed by atoms with van der Waals surface area (Å²) in [6.07, 6.45) is 1.34. The maximum atomic E-state index is 11.3. The van der Waals surface area contributed by atoms with Crippen LogP contribution in [0.15, 0.2) is 0 Å². The first-order valence-electron chi connectivity index (χ1n) is 6.05. The molecule has 0 spiro atoms. The number of carbonyl (C=O) groups excluding carboxylic acids is 2. The Morgan fingerprint density at radius 3 is 2.28 bits per heavy atom. The number of nitrogens with one attached hydrogen (secondary N) is 3. The number of rotatable bonds is 8. The number of amides is 3. The third-order valence-corrected chi connectivity index (χ3v) is 2.22. The Morgan fingerprint density at radius 1 is 1.11 bits per heavy atom. The Bertz CT molecular complexity index is 294. The van der Waals surface area contributed by atoms with Gasteiger partial charge in [-0.1, -0.05) is 13.8 Å². The summed E-state index contributed by atoms with van der Waals surface area (Å²) < 4.78 is 0. The van der Waals surface area contributed by atoms with Crippen LogP contribution in [0.1, 0.15) is 33.1 Å². The lowest BCUT2D eigenvalue weighted by atomic mass is 10.2. The van der Waals surface area contributed by atoms with Gasteiger partial charge in [-0.3, -0.25) is 4.79 Å². The van der Waals surface area contributed by atoms with Gasteiger partial charge in [-0.05, 0) is 12.8 Å². The average molecular weight is 259 g/mol. The molecule has 1 atom stereocenters. The van der Waals surface area contributed by atoms with Crippen molar-refractivity contribution in [1.82, 2.24) is 16.0 Å². The SMILES string of the molecule is CCCNC(=O)CCNC(=O)N[C@@H](CC)C(=O)O. The topological polar surface area (TPSA) is 108 Å². The Morgan fingerprint density at radius 2 is 1.78 bits per heavy atom. The number of aliphatic carboxylic acids is 1. The molecule has 0 saturated carbocycles. The van der Waals surface area contributed by atoms with E-state index in [0.29, 0.717) is 13.0 Å². The van der Waals surface area contributed by atoms with Crippen molar-refractivity contribution < 1.29 is 19.5 Å². The second kappa shape index (κ2) is 9.26. The fraction of sp³-hybridized carbons (Fsp3) is 0.727. The normalized spacial score (nSPS) is 11.4. The minimum atomic E-state index is -1.08. The zero-order chi connectivity index (χ0) is 14.0. The van der Waals surface area contributed by atoms with Crippen LogP contribution in [0.5, 0.6) is 0 Å². The van der Waals surface area contributed by atoms with Crippen LogP contribution >= 0.6 is 0 Å². The first-order chi connectivity index (χ1) is 8.51. The van der Waals surface area contributed by atoms with Crippen molar-refractivity contribution in [3.8, 4) is 0 Å². The lowest BCUT2D eigenvalue weighted by molar-refractivity contribution is -0.139. The highest BCUT2D eigenvalue weighted by Crippen LogP contribution is 1.90. The molecule has 4 N–H and O–H groups in total. The number of urea groups is 1. The second-order valence-electron chi connectivity index (χ2n) is 3.80. The second-order valence-corrected chi connectivity index (χ2v) is 3.80. The number of carboxylic acids is 1. The van der Waals surface area contributed by atoms with E-state index in [-0.39, 0.29) is 18.9 Å². The molecule has 3 amide bonds. The van der Waals surface area contributed by atoms with Gasteiger partial charge in [0, 0.05) is 19.5 Å². The molecule has 7 nitrogen and oxygen atoms in total. The molecular formula is C11H21N3O4. The van der Waals surface area contributed by atoms with Crippen LogP contribution in [0.25, 0.3) is 0 Å². The van der Waals surface area contributed by atoms with E-state index >= 15 is 0 Å². The molecule has 0 aromatic heterocycles. The first kappa shape index (κ1) is 16.2. The maximum absolute atomic E-state index is 11.3. The van der Waals surface area contributed by atoms with E-state index in [1.807, 2.05) is 6.92 Å². The molecule has 18 heavy (non-hydrogen) atoms. The van der Waals surface area contributed by atoms with Crippen molar-refractivity contribution in [1.29, 1.82) is 0 Å². The van der Waals surface area contributed by atoms with E-state index in [1.165, 1.54) is 0 Å². The third kappa shape index (κ3) is 7.48. The molecule has 0 aliphatic carbocycles. The highest BCUT2D eigenvalue weighted by molar-refractivity contribution is 5.83. The quantitative estimate of drug-likeness (QED) is 0.494. The molecule has 7 heteroatoms. The largest absolute Gasteiger partial charge is 0.480 e. The predicted molar refractivity (Wildman–Crippen MR) is 66.2 cm³/mol. The fourth-order valence-corrected chi connectivity index (χ4v) is 1.19. The van der Waals surface area contributed by atoms with Gasteiger partial charge in [0.05, 0.1) is 0 Å². The molecule has 0 aliphatic rings. The molecule has 0 rings (SSSR count). The molecule has 104 valence electrons. The van der Waals surface area contributed by atoms with Gasteiger partial charge in [-0.25, -0.2) is 9.59 Å². The van der Waals surface area contributed by atoms with Crippen molar-refractivity contribution in [3.05, 3.63) is 0 Å². The van der Waals surface area contributed by atoms with Gasteiger partial charge in [0.15, 0.2) is 0 Å². The first-order valence-corrected chi connectivity index (χ1v) is 6.05. The predicted octanol–water partition coefficient (Wildman–Crippen LogP) is 0.0651. The van der Waals surface area contributed by atoms with Crippen LogP contribution < -0.4 is 16.0 Å². The Labute approximate surface area is 106 Å². The summed E-state index contributed by atoms with van der Waals surface area (Å²) in [5, 5.41) is 16.1. The van der Waals surface area contributed by atoms with Crippen LogP contribution in [-0.4, -0.2) is 42.1 Å². The van der Waals surface area contributed by atoms with Crippen LogP contribution in [0.3, 0.4) is 0 Å². The average Bonchev–Trinajstić information content (AvgIpc) is 2.33. The fourth-order valence-electron chi connectivity index (χ4n) is 1.19. The van der Waals surface area contributed by atoms with E-state index in [4.69, 9.17) is 5.11 Å². The van der Waals surface area contributed by atoms with Gasteiger partial charge in [0.2, 0.25) is 5.91 Å². The van der Waals surface area contributed by atoms with E-state index in [1.54, 1.807) is 6.92 Å². The molecule has 0 fully saturated rings. The van der Waals surface area contributed by atoms with Gasteiger partial charge in [0.25, 0.3) is 0 Å². The summed E-state index contributed by atoms with van der Waals surface area (Å²) in [7, 11) is 0. The number of hydrogen-bond acceptors (Lipinski definition) is 3. The van der Waals surface area contributed by atoms with Gasteiger partial charge in [-0.15, -0.1) is 0 Å². The maximum Gasteiger partial charge on any atom is 0.326 e. The zero-order valence-corrected chi connectivity index (χ0v) is 10.8. The molecule has 0 bridgehead atoms. The molecule has 0 heterocycles. The van der Waals surface area contributed by atoms with Crippen LogP contribution in [0, 0.1) is 0 Å². The van der Waals surface area contributed by atoms with Crippen molar-refractivity contribution in [2.75, 3.05) is 13.1 Å². The number of hydrogen-bond donors (Lipinski definition) is 4. The Kier molecular flexibility index (Phi) is 8.34. The number of carboxylic acid groups (broad SMARTS) is 1. The molecular weight excluding hydrogens is 238 g/mol. The van der Waals surface area contributed by atoms with Crippen LogP contribution in [0.2, 0.25) is 0 Å². The number of carbonyl (C=O) groups is 3. The Hall–Kier alpha value is -1.79. The van der Waals surface area contributed by atoms with Crippen molar-refractivity contribution in [2.45, 2.75) is 39.2 Å².